The van der Waals surface area contributed by atoms with Gasteiger partial charge in [0.1, 0.15) is 53.5 Å². The second kappa shape index (κ2) is 52.9. The maximum absolute atomic E-state index is 14.7. The number of oxazole rings is 1. The maximum atomic E-state index is 14.7. The number of hydrogen-bond acceptors (Lipinski definition) is 30. The summed E-state index contributed by atoms with van der Waals surface area (Å²) in [7, 11) is 4.61. The number of amides is 2. The van der Waals surface area contributed by atoms with Gasteiger partial charge >= 0.3 is 5.97 Å². The van der Waals surface area contributed by atoms with Crippen LogP contribution in [0.15, 0.2) is 101 Å². The van der Waals surface area contributed by atoms with Crippen LogP contribution in [0, 0.1) is 29.6 Å². The molecule has 1 saturated carbocycles. The molecule has 4 aromatic heterocycles. The smallest absolute Gasteiger partial charge is 0.329 e. The summed E-state index contributed by atoms with van der Waals surface area (Å²) in [5.41, 5.74) is 28.2. The van der Waals surface area contributed by atoms with E-state index in [2.05, 4.69) is 44.4 Å². The van der Waals surface area contributed by atoms with Gasteiger partial charge in [-0.05, 0) is 162 Å². The number of allylic oxidation sites excluding steroid dienone is 6. The predicted octanol–water partition coefficient (Wildman–Crippen LogP) is 9.32. The average molecular weight is 1840 g/mol. The number of nitrogen functional groups attached to an aromatic ring is 2. The number of ether oxygens (including phenoxy) is 14. The highest BCUT2D eigenvalue weighted by Crippen LogP contribution is 2.39. The summed E-state index contributed by atoms with van der Waals surface area (Å²) in [5.74, 6) is -7.85. The summed E-state index contributed by atoms with van der Waals surface area (Å²) in [5, 5.41) is 32.8. The van der Waals surface area contributed by atoms with Gasteiger partial charge in [0.2, 0.25) is 11.7 Å². The molecule has 1 aliphatic carbocycles. The molecule has 0 unspecified atom stereocenters. The lowest BCUT2D eigenvalue weighted by atomic mass is 9.80. The Morgan fingerprint density at radius 1 is 0.712 bits per heavy atom. The number of ketones is 3. The summed E-state index contributed by atoms with van der Waals surface area (Å²) >= 11 is 0. The van der Waals surface area contributed by atoms with Crippen LogP contribution in [-0.4, -0.2) is 297 Å². The Labute approximate surface area is 774 Å². The van der Waals surface area contributed by atoms with Gasteiger partial charge in [0, 0.05) is 102 Å². The topological polar surface area (TPSA) is 447 Å². The number of piperidine rings is 1. The number of hydrogen-bond donors (Lipinski definition) is 6. The van der Waals surface area contributed by atoms with Crippen LogP contribution in [0.4, 0.5) is 11.8 Å². The fourth-order valence-electron chi connectivity index (χ4n) is 18.0. The first kappa shape index (κ1) is 104. The van der Waals surface area contributed by atoms with E-state index in [9.17, 15) is 39.0 Å². The Morgan fingerprint density at radius 3 is 2.08 bits per heavy atom. The van der Waals surface area contributed by atoms with Gasteiger partial charge in [-0.15, -0.1) is 0 Å². The molecule has 4 aliphatic heterocycles. The van der Waals surface area contributed by atoms with Gasteiger partial charge in [-0.1, -0.05) is 82.4 Å². The Balaban J connectivity index is 0.497. The van der Waals surface area contributed by atoms with Crippen molar-refractivity contribution < 1.29 is 110 Å². The molecule has 9 N–H and O–H groups in total. The minimum absolute atomic E-state index is 0.000494. The van der Waals surface area contributed by atoms with Crippen molar-refractivity contribution in [3.63, 3.8) is 0 Å². The number of nitrogens with two attached hydrogens (primary N) is 3. The largest absolute Gasteiger partial charge is 0.459 e. The fraction of sp³-hybridized carbons (Fsp3) is 0.649. The number of fused-ring (bicyclic) bond motifs is 6. The van der Waals surface area contributed by atoms with E-state index in [0.717, 1.165) is 60.1 Å². The van der Waals surface area contributed by atoms with E-state index in [-0.39, 0.29) is 73.3 Å². The maximum Gasteiger partial charge on any atom is 0.329 e. The number of aromatic nitrogens is 7. The number of aromatic amines is 1. The molecule has 132 heavy (non-hydrogen) atoms. The van der Waals surface area contributed by atoms with Gasteiger partial charge in [0.25, 0.3) is 17.7 Å². The summed E-state index contributed by atoms with van der Waals surface area (Å²) in [6, 6.07) is 9.87. The minimum Gasteiger partial charge on any atom is -0.459 e. The molecule has 2 saturated heterocycles. The molecule has 6 aromatic rings. The van der Waals surface area contributed by atoms with Crippen LogP contribution < -0.4 is 17.2 Å². The van der Waals surface area contributed by atoms with Crippen molar-refractivity contribution in [2.45, 2.75) is 231 Å². The number of nitrogens with zero attached hydrogens (tertiary/aromatic N) is 8. The van der Waals surface area contributed by atoms with E-state index in [1.54, 1.807) is 47.1 Å². The molecule has 35 heteroatoms. The number of aliphatic hydroxyl groups excluding tert-OH is 1. The number of aliphatic hydroxyl groups is 2. The van der Waals surface area contributed by atoms with E-state index in [0.29, 0.717) is 236 Å². The third kappa shape index (κ3) is 30.1. The van der Waals surface area contributed by atoms with Crippen LogP contribution in [-0.2, 0) is 128 Å². The quantitative estimate of drug-likeness (QED) is 0.00899. The summed E-state index contributed by atoms with van der Waals surface area (Å²) in [6.45, 7) is 20.5. The molecule has 2 aromatic carbocycles. The lowest BCUT2D eigenvalue weighted by Crippen LogP contribution is -2.61. The zero-order valence-electron chi connectivity index (χ0n) is 78.5. The third-order valence-electron chi connectivity index (χ3n) is 25.7. The normalized spacial score (nSPS) is 26.5. The van der Waals surface area contributed by atoms with E-state index in [4.69, 9.17) is 93.0 Å². The van der Waals surface area contributed by atoms with Gasteiger partial charge < -0.3 is 113 Å². The van der Waals surface area contributed by atoms with Crippen LogP contribution >= 0.6 is 0 Å². The number of carbonyl (C=O) groups is 6. The van der Waals surface area contributed by atoms with Crippen molar-refractivity contribution in [3.05, 3.63) is 119 Å². The Bertz CT molecular complexity index is 4760. The second-order valence-corrected chi connectivity index (χ2v) is 35.6. The van der Waals surface area contributed by atoms with Gasteiger partial charge in [0.15, 0.2) is 17.0 Å². The zero-order chi connectivity index (χ0) is 94.1. The fourth-order valence-corrected chi connectivity index (χ4v) is 18.0. The van der Waals surface area contributed by atoms with E-state index >= 15 is 0 Å². The molecule has 3 fully saturated rings. The van der Waals surface area contributed by atoms with Crippen LogP contribution in [0.2, 0.25) is 0 Å². The first-order valence-electron chi connectivity index (χ1n) is 47.1. The van der Waals surface area contributed by atoms with Crippen LogP contribution in [0.25, 0.3) is 33.4 Å². The lowest BCUT2D eigenvalue weighted by molar-refractivity contribution is -0.265. The van der Waals surface area contributed by atoms with E-state index in [1.165, 1.54) is 23.9 Å². The van der Waals surface area contributed by atoms with Crippen molar-refractivity contribution in [2.75, 3.05) is 158 Å². The molecule has 8 heterocycles. The Morgan fingerprint density at radius 2 is 1.40 bits per heavy atom. The highest BCUT2D eigenvalue weighted by molar-refractivity contribution is 6.39. The Kier molecular flexibility index (Phi) is 41.5. The van der Waals surface area contributed by atoms with Crippen molar-refractivity contribution >= 4 is 69.1 Å². The van der Waals surface area contributed by atoms with Crippen molar-refractivity contribution in [3.8, 4) is 11.3 Å². The number of carbonyl (C=O) groups excluding carboxylic acids is 6. The number of unbranched alkanes of at least 4 members (excludes halogenated alkanes) is 1. The SMILES string of the molecule is CO[C@H]1C[C@@H]2CC[C@@H](C)[C@@](O)(O2)C(=O)C(=O)N2CCCC[C@H]2C(=O)O[C@H]([C@H](N)C[C@@H]2CC[C@@H](OCCCCc3cn(CCOCCOCCOCCOCCOCCOCCOCCOCCC(=O)N4CCc5cc(Cn6nc(-c7ccc8oc(N)nc8c7)c7c(N)ncnc76)ccc5C4)[nH]3)[C@H](OC)C2)CC(=O)[C@H](C)/C=C(\C)[C@@H](O)[C@@H](OC)C(=O)[C@H](C)C[C@H](C)/C=C/C=C/C=C/1C. The molecule has 5 aliphatic rings. The highest BCUT2D eigenvalue weighted by atomic mass is 16.6. The van der Waals surface area contributed by atoms with E-state index < -0.39 is 83.8 Å². The van der Waals surface area contributed by atoms with Crippen molar-refractivity contribution in [1.29, 1.82) is 0 Å². The zero-order valence-corrected chi connectivity index (χ0v) is 78.5. The molecule has 11 rings (SSSR count). The molecule has 15 atom stereocenters. The number of nitrogens with one attached hydrogen (secondary N) is 1. The third-order valence-corrected chi connectivity index (χ3v) is 25.7. The summed E-state index contributed by atoms with van der Waals surface area (Å²) in [6.07, 6.45) is 18.0. The Hall–Kier alpha value is -8.86. The first-order chi connectivity index (χ1) is 63.8. The van der Waals surface area contributed by atoms with Gasteiger partial charge in [-0.25, -0.2) is 19.4 Å². The number of benzene rings is 2. The molecular weight excluding hydrogens is 1700 g/mol. The monoisotopic (exact) mass is 1840 g/mol. The lowest BCUT2D eigenvalue weighted by Gasteiger charge is -2.42. The van der Waals surface area contributed by atoms with Crippen LogP contribution in [0.3, 0.4) is 0 Å². The number of cyclic esters (lactones) is 1. The minimum atomic E-state index is -2.48. The van der Waals surface area contributed by atoms with Crippen molar-refractivity contribution in [2.24, 2.45) is 35.3 Å². The van der Waals surface area contributed by atoms with Gasteiger partial charge in [-0.2, -0.15) is 10.1 Å². The number of Topliss-reactive ketones (excluding diaryl/α,β-unsaturated/α-hetero) is 3. The standard InChI is InChI=1S/C97H142N12O23/c1-63-17-11-10-12-18-64(2)82(118-7)57-75-26-21-68(6)97(117,132-75)91(114)94(115)108-31-15-13-20-78(108)95(116)130-83(58-79(110)65(3)52-67(5)89(113)90(120-9)88(112)66(4)51-63)76(98)54-69-23-27-81(84(55-69)119-8)129-34-16-14-19-74-61-107(104-74)33-36-122-38-40-124-42-44-126-46-48-128-50-49-127-47-45-125-43-41-123-39-37-121-35-30-85(111)106-32-29-71-53-70(22-24-73(71)60-106)59-109-93-86(92(99)101-62-102-93)87(105-109)72-25-28-80-77(56-72)103-96(100)131-80/h10-12,17-18,22,24-25,28,52-53,56,61-63,65-66,68-69,75-76,78,81-84,89-90,104,113,117H,13-16,19-21,23,26-27,29-51,54-55,57-60,98H2,1-9H3,(H2,100,103)(H2,99,101,102)/b12-10+,17-11+,64-18+,67-52+/t63-,65-,66-,68-,69+,75+,76-,78+,81-,82+,83+,84-,89-,90+,97-/m1/s1. The number of rotatable bonds is 42. The molecular formula is C97H142N12O23. The summed E-state index contributed by atoms with van der Waals surface area (Å²) in [4.78, 5) is 101. The number of methoxy groups -OCH3 is 3. The van der Waals surface area contributed by atoms with Gasteiger partial charge in [0.05, 0.1) is 155 Å². The summed E-state index contributed by atoms with van der Waals surface area (Å²) < 4.78 is 91.2. The van der Waals surface area contributed by atoms with Crippen LogP contribution in [0.5, 0.6) is 0 Å². The number of H-pyrrole nitrogens is 1. The molecule has 0 radical (unpaired) electrons. The molecule has 728 valence electrons. The van der Waals surface area contributed by atoms with E-state index in [1.807, 2.05) is 77.5 Å². The van der Waals surface area contributed by atoms with Gasteiger partial charge in [-0.3, -0.25) is 28.7 Å². The number of aryl methyl sites for hydroxylation is 1. The highest BCUT2D eigenvalue weighted by Gasteiger charge is 2.53. The van der Waals surface area contributed by atoms with Crippen LogP contribution in [0.1, 0.15) is 160 Å². The second-order valence-electron chi connectivity index (χ2n) is 35.6. The predicted molar refractivity (Wildman–Crippen MR) is 492 cm³/mol. The number of anilines is 2. The average Bonchev–Trinajstić information content (AvgIpc) is 1.57. The number of esters is 1. The molecule has 2 amide bonds. The molecule has 35 nitrogen and oxygen atoms in total. The molecule has 2 bridgehead atoms. The first-order valence-corrected chi connectivity index (χ1v) is 47.1. The molecule has 0 spiro atoms. The van der Waals surface area contributed by atoms with Crippen molar-refractivity contribution in [1.82, 2.24) is 44.3 Å².